The summed E-state index contributed by atoms with van der Waals surface area (Å²) in [7, 11) is 0. The second kappa shape index (κ2) is 3.88. The second-order valence-corrected chi connectivity index (χ2v) is 3.18. The quantitative estimate of drug-likeness (QED) is 0.720. The van der Waals surface area contributed by atoms with Gasteiger partial charge in [-0.1, -0.05) is 12.1 Å². The fraction of sp³-hybridized carbons (Fsp3) is 0.200. The first kappa shape index (κ1) is 9.34. The van der Waals surface area contributed by atoms with Crippen molar-refractivity contribution < 1.29 is 0 Å². The minimum atomic E-state index is 0.576. The molecule has 15 heavy (non-hydrogen) atoms. The van der Waals surface area contributed by atoms with Crippen LogP contribution in [0.2, 0.25) is 0 Å². The minimum Gasteiger partial charge on any atom is -0.192 e. The Morgan fingerprint density at radius 3 is 2.60 bits per heavy atom. The zero-order valence-corrected chi connectivity index (χ0v) is 8.25. The molecule has 0 radical (unpaired) electrons. The molecule has 1 aromatic heterocycles. The summed E-state index contributed by atoms with van der Waals surface area (Å²) < 4.78 is 0. The summed E-state index contributed by atoms with van der Waals surface area (Å²) in [6, 6.07) is 9.40. The predicted octanol–water partition coefficient (Wildman–Crippen LogP) is 0.901. The van der Waals surface area contributed by atoms with Crippen molar-refractivity contribution in [3.63, 3.8) is 0 Å². The van der Waals surface area contributed by atoms with E-state index in [0.717, 1.165) is 5.56 Å². The van der Waals surface area contributed by atoms with Crippen LogP contribution in [0.5, 0.6) is 0 Å². The predicted molar refractivity (Wildman–Crippen MR) is 52.8 cm³/mol. The molecule has 0 unspecified atom stereocenters. The molecule has 5 heteroatoms. The van der Waals surface area contributed by atoms with Crippen LogP contribution < -0.4 is 0 Å². The summed E-state index contributed by atoms with van der Waals surface area (Å²) in [6.45, 7) is 2.37. The Hall–Kier alpha value is -2.22. The molecule has 0 aliphatic carbocycles. The summed E-state index contributed by atoms with van der Waals surface area (Å²) in [5, 5.41) is 20.3. The van der Waals surface area contributed by atoms with Crippen LogP contribution in [0.4, 0.5) is 0 Å². The Labute approximate surface area is 87.0 Å². The maximum Gasteiger partial charge on any atom is 0.171 e. The number of rotatable bonds is 2. The van der Waals surface area contributed by atoms with Crippen LogP contribution in [-0.2, 0) is 6.54 Å². The first-order chi connectivity index (χ1) is 7.28. The van der Waals surface area contributed by atoms with E-state index in [4.69, 9.17) is 5.26 Å². The van der Waals surface area contributed by atoms with E-state index in [1.807, 2.05) is 12.1 Å². The van der Waals surface area contributed by atoms with Crippen LogP contribution in [0.15, 0.2) is 24.3 Å². The van der Waals surface area contributed by atoms with Gasteiger partial charge in [0.15, 0.2) is 5.82 Å². The molecule has 74 valence electrons. The van der Waals surface area contributed by atoms with Crippen molar-refractivity contribution in [2.24, 2.45) is 0 Å². The van der Waals surface area contributed by atoms with Crippen molar-refractivity contribution >= 4 is 0 Å². The highest BCUT2D eigenvalue weighted by Gasteiger charge is 1.99. The van der Waals surface area contributed by atoms with E-state index in [2.05, 4.69) is 21.5 Å². The Balaban J connectivity index is 2.15. The van der Waals surface area contributed by atoms with Gasteiger partial charge in [-0.05, 0) is 29.8 Å². The molecule has 5 nitrogen and oxygen atoms in total. The van der Waals surface area contributed by atoms with E-state index >= 15 is 0 Å². The molecule has 2 rings (SSSR count). The molecule has 0 bridgehead atoms. The van der Waals surface area contributed by atoms with Crippen LogP contribution in [0.3, 0.4) is 0 Å². The third-order valence-electron chi connectivity index (χ3n) is 1.96. The summed E-state index contributed by atoms with van der Waals surface area (Å²) in [5.41, 5.74) is 1.70. The van der Waals surface area contributed by atoms with Gasteiger partial charge in [0.05, 0.1) is 18.2 Å². The first-order valence-corrected chi connectivity index (χ1v) is 4.51. The largest absolute Gasteiger partial charge is 0.192 e. The third-order valence-corrected chi connectivity index (χ3v) is 1.96. The highest BCUT2D eigenvalue weighted by Crippen LogP contribution is 2.04. The van der Waals surface area contributed by atoms with Gasteiger partial charge < -0.3 is 0 Å². The van der Waals surface area contributed by atoms with Gasteiger partial charge in [-0.3, -0.25) is 0 Å². The Kier molecular flexibility index (Phi) is 2.42. The normalized spacial score (nSPS) is 9.87. The van der Waals surface area contributed by atoms with E-state index in [1.165, 1.54) is 4.80 Å². The molecule has 0 amide bonds. The fourth-order valence-electron chi connectivity index (χ4n) is 1.24. The van der Waals surface area contributed by atoms with Gasteiger partial charge in [-0.25, -0.2) is 0 Å². The van der Waals surface area contributed by atoms with Crippen molar-refractivity contribution in [2.75, 3.05) is 0 Å². The van der Waals surface area contributed by atoms with Crippen LogP contribution in [0, 0.1) is 18.3 Å². The highest BCUT2D eigenvalue weighted by atomic mass is 15.6. The van der Waals surface area contributed by atoms with Gasteiger partial charge in [0.2, 0.25) is 0 Å². The molecule has 0 atom stereocenters. The number of aromatic nitrogens is 4. The average Bonchev–Trinajstić information content (AvgIpc) is 2.65. The van der Waals surface area contributed by atoms with Gasteiger partial charge in [-0.2, -0.15) is 10.1 Å². The number of hydrogen-bond donors (Lipinski definition) is 0. The molecule has 2 aromatic rings. The smallest absolute Gasteiger partial charge is 0.171 e. The van der Waals surface area contributed by atoms with Crippen molar-refractivity contribution in [3.8, 4) is 6.07 Å². The fourth-order valence-corrected chi connectivity index (χ4v) is 1.24. The van der Waals surface area contributed by atoms with Crippen LogP contribution in [0.25, 0.3) is 0 Å². The van der Waals surface area contributed by atoms with E-state index in [0.29, 0.717) is 17.9 Å². The topological polar surface area (TPSA) is 67.4 Å². The van der Waals surface area contributed by atoms with Crippen molar-refractivity contribution in [3.05, 3.63) is 41.2 Å². The summed E-state index contributed by atoms with van der Waals surface area (Å²) >= 11 is 0. The highest BCUT2D eigenvalue weighted by molar-refractivity contribution is 5.31. The van der Waals surface area contributed by atoms with E-state index < -0.39 is 0 Å². The number of nitrogens with zero attached hydrogens (tertiary/aromatic N) is 5. The van der Waals surface area contributed by atoms with Gasteiger partial charge in [0, 0.05) is 0 Å². The van der Waals surface area contributed by atoms with Crippen LogP contribution >= 0.6 is 0 Å². The van der Waals surface area contributed by atoms with E-state index in [1.54, 1.807) is 19.1 Å². The number of aryl methyl sites for hydroxylation is 1. The summed E-state index contributed by atoms with van der Waals surface area (Å²) in [6.07, 6.45) is 0. The maximum atomic E-state index is 8.63. The Morgan fingerprint density at radius 2 is 2.07 bits per heavy atom. The average molecular weight is 199 g/mol. The molecule has 0 fully saturated rings. The Bertz CT molecular complexity index is 491. The maximum absolute atomic E-state index is 8.63. The lowest BCUT2D eigenvalue weighted by molar-refractivity contribution is 0.571. The summed E-state index contributed by atoms with van der Waals surface area (Å²) in [5.74, 6) is 0.656. The lowest BCUT2D eigenvalue weighted by Crippen LogP contribution is -2.03. The van der Waals surface area contributed by atoms with Gasteiger partial charge in [0.25, 0.3) is 0 Å². The molecular formula is C10H9N5. The zero-order valence-electron chi connectivity index (χ0n) is 8.25. The number of nitriles is 1. The van der Waals surface area contributed by atoms with Gasteiger partial charge in [-0.15, -0.1) is 10.2 Å². The third kappa shape index (κ3) is 2.17. The van der Waals surface area contributed by atoms with E-state index in [9.17, 15) is 0 Å². The number of hydrogen-bond acceptors (Lipinski definition) is 4. The molecule has 0 saturated heterocycles. The molecule has 1 aromatic carbocycles. The standard InChI is InChI=1S/C10H9N5/c1-8-12-14-15(13-8)7-10-4-2-9(6-11)3-5-10/h2-5H,7H2,1H3. The molecular weight excluding hydrogens is 190 g/mol. The van der Waals surface area contributed by atoms with Gasteiger partial charge >= 0.3 is 0 Å². The Morgan fingerprint density at radius 1 is 1.33 bits per heavy atom. The SMILES string of the molecule is Cc1nnn(Cc2ccc(C#N)cc2)n1. The minimum absolute atomic E-state index is 0.576. The number of tetrazole rings is 1. The molecule has 0 spiro atoms. The molecule has 1 heterocycles. The van der Waals surface area contributed by atoms with Crippen molar-refractivity contribution in [1.82, 2.24) is 20.2 Å². The lowest BCUT2D eigenvalue weighted by atomic mass is 10.1. The first-order valence-electron chi connectivity index (χ1n) is 4.51. The summed E-state index contributed by atoms with van der Waals surface area (Å²) in [4.78, 5) is 1.52. The van der Waals surface area contributed by atoms with Crippen LogP contribution in [0.1, 0.15) is 17.0 Å². The van der Waals surface area contributed by atoms with Crippen LogP contribution in [-0.4, -0.2) is 20.2 Å². The molecule has 0 saturated carbocycles. The molecule has 0 aliphatic heterocycles. The van der Waals surface area contributed by atoms with Gasteiger partial charge in [0.1, 0.15) is 0 Å². The zero-order chi connectivity index (χ0) is 10.7. The molecule has 0 N–H and O–H groups in total. The second-order valence-electron chi connectivity index (χ2n) is 3.18. The molecule has 0 aliphatic rings. The van der Waals surface area contributed by atoms with Crippen molar-refractivity contribution in [2.45, 2.75) is 13.5 Å². The number of benzene rings is 1. The lowest BCUT2D eigenvalue weighted by Gasteiger charge is -1.98. The monoisotopic (exact) mass is 199 g/mol. The van der Waals surface area contributed by atoms with Crippen molar-refractivity contribution in [1.29, 1.82) is 5.26 Å². The van der Waals surface area contributed by atoms with E-state index in [-0.39, 0.29) is 0 Å².